The minimum Gasteiger partial charge on any atom is -0.477 e. The van der Waals surface area contributed by atoms with Crippen molar-refractivity contribution in [2.75, 3.05) is 18.0 Å². The van der Waals surface area contributed by atoms with Gasteiger partial charge >= 0.3 is 5.97 Å². The monoisotopic (exact) mass is 326 g/mol. The van der Waals surface area contributed by atoms with Crippen LogP contribution in [0.3, 0.4) is 0 Å². The molecule has 2 aromatic heterocycles. The highest BCUT2D eigenvalue weighted by Crippen LogP contribution is 2.31. The molecule has 1 fully saturated rings. The number of hydrogen-bond acceptors (Lipinski definition) is 4. The van der Waals surface area contributed by atoms with E-state index in [0.29, 0.717) is 0 Å². The summed E-state index contributed by atoms with van der Waals surface area (Å²) in [6, 6.07) is 6.50. The molecule has 0 atom stereocenters. The predicted octanol–water partition coefficient (Wildman–Crippen LogP) is 2.83. The third-order valence-electron chi connectivity index (χ3n) is 4.29. The van der Waals surface area contributed by atoms with Crippen molar-refractivity contribution in [3.63, 3.8) is 0 Å². The summed E-state index contributed by atoms with van der Waals surface area (Å²) in [6.45, 7) is 1.83. The summed E-state index contributed by atoms with van der Waals surface area (Å²) in [7, 11) is 0. The van der Waals surface area contributed by atoms with Crippen molar-refractivity contribution in [3.05, 3.63) is 48.0 Å². The molecule has 3 aromatic rings. The van der Waals surface area contributed by atoms with Gasteiger partial charge in [-0.05, 0) is 37.1 Å². The number of aromatic carboxylic acids is 1. The predicted molar refractivity (Wildman–Crippen MR) is 86.8 cm³/mol. The molecule has 0 amide bonds. The van der Waals surface area contributed by atoms with Gasteiger partial charge in [-0.1, -0.05) is 0 Å². The van der Waals surface area contributed by atoms with Gasteiger partial charge in [-0.25, -0.2) is 18.7 Å². The molecule has 0 aliphatic carbocycles. The molecule has 0 unspecified atom stereocenters. The molecule has 3 heterocycles. The van der Waals surface area contributed by atoms with E-state index in [4.69, 9.17) is 0 Å². The van der Waals surface area contributed by atoms with Crippen LogP contribution in [0.4, 0.5) is 10.1 Å². The normalized spacial score (nSPS) is 14.5. The third-order valence-corrected chi connectivity index (χ3v) is 4.29. The second-order valence-electron chi connectivity index (χ2n) is 5.77. The largest absolute Gasteiger partial charge is 0.477 e. The van der Waals surface area contributed by atoms with Crippen molar-refractivity contribution in [1.29, 1.82) is 0 Å². The van der Waals surface area contributed by atoms with Crippen LogP contribution < -0.4 is 4.90 Å². The maximum atomic E-state index is 14.7. The van der Waals surface area contributed by atoms with Gasteiger partial charge in [0, 0.05) is 36.7 Å². The molecule has 0 spiro atoms. The third kappa shape index (κ3) is 2.29. The molecule has 7 heteroatoms. The van der Waals surface area contributed by atoms with Crippen LogP contribution in [0.1, 0.15) is 23.2 Å². The first-order chi connectivity index (χ1) is 11.6. The van der Waals surface area contributed by atoms with Crippen LogP contribution in [0.2, 0.25) is 0 Å². The Morgan fingerprint density at radius 2 is 2.04 bits per heavy atom. The quantitative estimate of drug-likeness (QED) is 0.801. The Labute approximate surface area is 137 Å². The molecule has 1 aliphatic heterocycles. The second kappa shape index (κ2) is 5.59. The Kier molecular flexibility index (Phi) is 3.41. The summed E-state index contributed by atoms with van der Waals surface area (Å²) in [5.74, 6) is -1.66. The minimum absolute atomic E-state index is 0.0895. The summed E-state index contributed by atoms with van der Waals surface area (Å²) in [4.78, 5) is 17.8. The maximum absolute atomic E-state index is 14.7. The lowest BCUT2D eigenvalue weighted by Gasteiger charge is -2.18. The summed E-state index contributed by atoms with van der Waals surface area (Å²) >= 11 is 0. The fraction of sp³-hybridized carbons (Fsp3) is 0.235. The number of carbonyl (C=O) groups is 1. The van der Waals surface area contributed by atoms with Gasteiger partial charge in [0.1, 0.15) is 17.1 Å². The Morgan fingerprint density at radius 3 is 2.75 bits per heavy atom. The minimum atomic E-state index is -1.18. The Bertz CT molecular complexity index is 931. The first kappa shape index (κ1) is 14.6. The number of aromatic nitrogens is 3. The Morgan fingerprint density at radius 1 is 1.25 bits per heavy atom. The first-order valence-corrected chi connectivity index (χ1v) is 7.76. The van der Waals surface area contributed by atoms with Gasteiger partial charge in [0.15, 0.2) is 5.65 Å². The van der Waals surface area contributed by atoms with Crippen LogP contribution in [0.5, 0.6) is 0 Å². The average molecular weight is 326 g/mol. The van der Waals surface area contributed by atoms with Gasteiger partial charge in [-0.2, -0.15) is 5.10 Å². The summed E-state index contributed by atoms with van der Waals surface area (Å²) in [5, 5.41) is 13.7. The number of hydrogen-bond donors (Lipinski definition) is 1. The molecule has 0 bridgehead atoms. The highest BCUT2D eigenvalue weighted by Gasteiger charge is 2.24. The van der Waals surface area contributed by atoms with Gasteiger partial charge in [0.25, 0.3) is 0 Å². The van der Waals surface area contributed by atoms with Crippen LogP contribution in [0.15, 0.2) is 36.7 Å². The van der Waals surface area contributed by atoms with Gasteiger partial charge in [0.05, 0.1) is 0 Å². The smallest absolute Gasteiger partial charge is 0.341 e. The van der Waals surface area contributed by atoms with Crippen molar-refractivity contribution in [3.8, 4) is 11.3 Å². The zero-order valence-corrected chi connectivity index (χ0v) is 12.8. The molecular formula is C17H15FN4O2. The summed E-state index contributed by atoms with van der Waals surface area (Å²) in [5.41, 5.74) is 1.17. The van der Waals surface area contributed by atoms with Crippen LogP contribution in [-0.4, -0.2) is 38.8 Å². The van der Waals surface area contributed by atoms with E-state index in [9.17, 15) is 14.3 Å². The second-order valence-corrected chi connectivity index (χ2v) is 5.77. The average Bonchev–Trinajstić information content (AvgIpc) is 3.22. The molecule has 1 aliphatic rings. The molecule has 4 rings (SSSR count). The lowest BCUT2D eigenvalue weighted by Crippen LogP contribution is -2.17. The number of nitrogens with zero attached hydrogens (tertiary/aromatic N) is 4. The molecule has 0 radical (unpaired) electrons. The molecule has 1 aromatic carbocycles. The van der Waals surface area contributed by atoms with Gasteiger partial charge in [-0.3, -0.25) is 0 Å². The molecule has 6 nitrogen and oxygen atoms in total. The van der Waals surface area contributed by atoms with Crippen molar-refractivity contribution in [1.82, 2.24) is 14.6 Å². The summed E-state index contributed by atoms with van der Waals surface area (Å²) < 4.78 is 16.0. The fourth-order valence-corrected chi connectivity index (χ4v) is 3.14. The molecule has 24 heavy (non-hydrogen) atoms. The van der Waals surface area contributed by atoms with E-state index < -0.39 is 11.8 Å². The van der Waals surface area contributed by atoms with Gasteiger partial charge in [-0.15, -0.1) is 0 Å². The molecular weight excluding hydrogens is 311 g/mol. The number of carboxylic acid groups (broad SMARTS) is 1. The number of carboxylic acids is 1. The fourth-order valence-electron chi connectivity index (χ4n) is 3.14. The van der Waals surface area contributed by atoms with Crippen LogP contribution in [0, 0.1) is 5.82 Å². The molecule has 122 valence electrons. The Hall–Kier alpha value is -2.96. The molecule has 1 N–H and O–H groups in total. The van der Waals surface area contributed by atoms with E-state index in [1.165, 1.54) is 16.8 Å². The Balaban J connectivity index is 1.85. The lowest BCUT2D eigenvalue weighted by molar-refractivity contribution is 0.0699. The van der Waals surface area contributed by atoms with Crippen molar-refractivity contribution >= 4 is 17.3 Å². The number of halogens is 1. The van der Waals surface area contributed by atoms with Gasteiger partial charge < -0.3 is 10.0 Å². The topological polar surface area (TPSA) is 70.7 Å². The van der Waals surface area contributed by atoms with Crippen LogP contribution in [0.25, 0.3) is 16.9 Å². The van der Waals surface area contributed by atoms with Crippen molar-refractivity contribution in [2.24, 2.45) is 0 Å². The van der Waals surface area contributed by atoms with Crippen LogP contribution in [-0.2, 0) is 0 Å². The standard InChI is InChI=1S/C17H15FN4O2/c18-13-10-11(21-7-1-2-8-21)4-5-12(13)15-14(17(23)24)16-19-6-3-9-22(16)20-15/h3-6,9-10H,1-2,7-8H2,(H,23,24). The van der Waals surface area contributed by atoms with Gasteiger partial charge in [0.2, 0.25) is 0 Å². The number of anilines is 1. The van der Waals surface area contributed by atoms with Crippen LogP contribution >= 0.6 is 0 Å². The van der Waals surface area contributed by atoms with Crippen molar-refractivity contribution in [2.45, 2.75) is 12.8 Å². The lowest BCUT2D eigenvalue weighted by atomic mass is 10.1. The highest BCUT2D eigenvalue weighted by atomic mass is 19.1. The highest BCUT2D eigenvalue weighted by molar-refractivity contribution is 6.01. The molecule has 0 saturated carbocycles. The van der Waals surface area contributed by atoms with E-state index in [1.807, 2.05) is 6.07 Å². The molecule has 1 saturated heterocycles. The maximum Gasteiger partial charge on any atom is 0.341 e. The zero-order chi connectivity index (χ0) is 16.7. The van der Waals surface area contributed by atoms with E-state index in [-0.39, 0.29) is 22.5 Å². The van der Waals surface area contributed by atoms with E-state index in [1.54, 1.807) is 18.3 Å². The summed E-state index contributed by atoms with van der Waals surface area (Å²) in [6.07, 6.45) is 5.28. The number of rotatable bonds is 3. The van der Waals surface area contributed by atoms with E-state index in [0.717, 1.165) is 31.6 Å². The number of fused-ring (bicyclic) bond motifs is 1. The van der Waals surface area contributed by atoms with E-state index in [2.05, 4.69) is 15.0 Å². The first-order valence-electron chi connectivity index (χ1n) is 7.76. The van der Waals surface area contributed by atoms with E-state index >= 15 is 0 Å². The number of benzene rings is 1. The zero-order valence-electron chi connectivity index (χ0n) is 12.8. The SMILES string of the molecule is O=C(O)c1c(-c2ccc(N3CCCC3)cc2F)nn2cccnc12. The van der Waals surface area contributed by atoms with Crippen molar-refractivity contribution < 1.29 is 14.3 Å².